The van der Waals surface area contributed by atoms with Crippen molar-refractivity contribution in [3.63, 3.8) is 0 Å². The van der Waals surface area contributed by atoms with Crippen LogP contribution in [0.25, 0.3) is 0 Å². The van der Waals surface area contributed by atoms with E-state index < -0.39 is 0 Å². The van der Waals surface area contributed by atoms with Crippen LogP contribution in [0.15, 0.2) is 46.4 Å². The molecular weight excluding hydrogens is 374 g/mol. The Morgan fingerprint density at radius 2 is 2.07 bits per heavy atom. The Bertz CT molecular complexity index is 927. The van der Waals surface area contributed by atoms with Gasteiger partial charge in [-0.25, -0.2) is 0 Å². The molecular formula is C21H25N3O3S. The monoisotopic (exact) mass is 399 g/mol. The molecule has 3 rings (SSSR count). The summed E-state index contributed by atoms with van der Waals surface area (Å²) in [6, 6.07) is 9.57. The number of rotatable bonds is 8. The highest BCUT2D eigenvalue weighted by atomic mass is 32.1. The van der Waals surface area contributed by atoms with Gasteiger partial charge in [0.2, 0.25) is 5.91 Å². The van der Waals surface area contributed by atoms with Gasteiger partial charge in [-0.2, -0.15) is 0 Å². The van der Waals surface area contributed by atoms with Crippen molar-refractivity contribution in [3.05, 3.63) is 69.6 Å². The van der Waals surface area contributed by atoms with Crippen molar-refractivity contribution in [2.24, 2.45) is 0 Å². The average Bonchev–Trinajstić information content (AvgIpc) is 3.43. The molecule has 0 bridgehead atoms. The maximum Gasteiger partial charge on any atom is 0.256 e. The van der Waals surface area contributed by atoms with E-state index in [0.29, 0.717) is 25.2 Å². The summed E-state index contributed by atoms with van der Waals surface area (Å²) in [7, 11) is 0. The lowest BCUT2D eigenvalue weighted by atomic mass is 10.2. The lowest BCUT2D eigenvalue weighted by Crippen LogP contribution is -2.40. The number of furan rings is 1. The third-order valence-electron chi connectivity index (χ3n) is 4.74. The standard InChI is InChI=1S/C21H25N3O3S/c1-4-23(14-20(25)22-12-18-8-6-10-28-18)21(26)19-11-15(2)24(16(19)3)13-17-7-5-9-27-17/h5-11H,4,12-14H2,1-3H3,(H,22,25). The van der Waals surface area contributed by atoms with E-state index in [4.69, 9.17) is 4.42 Å². The number of aryl methyl sites for hydroxylation is 1. The molecule has 28 heavy (non-hydrogen) atoms. The Morgan fingerprint density at radius 3 is 2.71 bits per heavy atom. The summed E-state index contributed by atoms with van der Waals surface area (Å²) >= 11 is 1.59. The number of thiophene rings is 1. The first-order valence-electron chi connectivity index (χ1n) is 9.27. The number of amides is 2. The topological polar surface area (TPSA) is 67.5 Å². The van der Waals surface area contributed by atoms with Gasteiger partial charge in [0.1, 0.15) is 5.76 Å². The molecule has 0 aliphatic rings. The highest BCUT2D eigenvalue weighted by molar-refractivity contribution is 7.09. The number of carbonyl (C=O) groups is 2. The van der Waals surface area contributed by atoms with Crippen LogP contribution in [0.1, 0.15) is 39.3 Å². The van der Waals surface area contributed by atoms with Crippen molar-refractivity contribution in [3.8, 4) is 0 Å². The van der Waals surface area contributed by atoms with Gasteiger partial charge in [0.05, 0.1) is 31.5 Å². The fourth-order valence-corrected chi connectivity index (χ4v) is 3.79. The molecule has 3 aromatic rings. The summed E-state index contributed by atoms with van der Waals surface area (Å²) in [6.07, 6.45) is 1.64. The molecule has 3 aromatic heterocycles. The maximum absolute atomic E-state index is 13.0. The molecule has 0 saturated heterocycles. The van der Waals surface area contributed by atoms with E-state index in [1.54, 1.807) is 22.5 Å². The van der Waals surface area contributed by atoms with Crippen LogP contribution in [-0.4, -0.2) is 34.4 Å². The van der Waals surface area contributed by atoms with Crippen LogP contribution < -0.4 is 5.32 Å². The second-order valence-corrected chi connectivity index (χ2v) is 7.66. The van der Waals surface area contributed by atoms with E-state index in [9.17, 15) is 9.59 Å². The van der Waals surface area contributed by atoms with Gasteiger partial charge < -0.3 is 19.2 Å². The van der Waals surface area contributed by atoms with E-state index in [2.05, 4.69) is 9.88 Å². The largest absolute Gasteiger partial charge is 0.467 e. The van der Waals surface area contributed by atoms with Gasteiger partial charge in [0.15, 0.2) is 0 Å². The molecule has 0 radical (unpaired) electrons. The van der Waals surface area contributed by atoms with E-state index >= 15 is 0 Å². The first kappa shape index (κ1) is 19.9. The van der Waals surface area contributed by atoms with Crippen LogP contribution in [0.3, 0.4) is 0 Å². The number of hydrogen-bond acceptors (Lipinski definition) is 4. The second-order valence-electron chi connectivity index (χ2n) is 6.63. The molecule has 0 spiro atoms. The van der Waals surface area contributed by atoms with Gasteiger partial charge in [-0.05, 0) is 50.4 Å². The molecule has 0 saturated carbocycles. The van der Waals surface area contributed by atoms with Gasteiger partial charge in [0.25, 0.3) is 5.91 Å². The molecule has 148 valence electrons. The quantitative estimate of drug-likeness (QED) is 0.629. The van der Waals surface area contributed by atoms with Crippen molar-refractivity contribution in [1.29, 1.82) is 0 Å². The predicted octanol–water partition coefficient (Wildman–Crippen LogP) is 3.59. The minimum atomic E-state index is -0.159. The molecule has 7 heteroatoms. The molecule has 6 nitrogen and oxygen atoms in total. The molecule has 3 heterocycles. The van der Waals surface area contributed by atoms with Gasteiger partial charge >= 0.3 is 0 Å². The minimum Gasteiger partial charge on any atom is -0.467 e. The second kappa shape index (κ2) is 8.93. The normalized spacial score (nSPS) is 10.8. The Balaban J connectivity index is 1.67. The predicted molar refractivity (Wildman–Crippen MR) is 109 cm³/mol. The van der Waals surface area contributed by atoms with Crippen LogP contribution in [0.5, 0.6) is 0 Å². The Morgan fingerprint density at radius 1 is 1.25 bits per heavy atom. The molecule has 0 aliphatic heterocycles. The Kier molecular flexibility index (Phi) is 6.36. The smallest absolute Gasteiger partial charge is 0.256 e. The fraction of sp³-hybridized carbons (Fsp3) is 0.333. The highest BCUT2D eigenvalue weighted by Crippen LogP contribution is 2.19. The summed E-state index contributed by atoms with van der Waals surface area (Å²) in [5.41, 5.74) is 2.48. The van der Waals surface area contributed by atoms with Crippen LogP contribution in [0.2, 0.25) is 0 Å². The summed E-state index contributed by atoms with van der Waals surface area (Å²) in [5, 5.41) is 4.85. The van der Waals surface area contributed by atoms with Crippen molar-refractivity contribution in [1.82, 2.24) is 14.8 Å². The lowest BCUT2D eigenvalue weighted by Gasteiger charge is -2.20. The number of hydrogen-bond donors (Lipinski definition) is 1. The van der Waals surface area contributed by atoms with Crippen molar-refractivity contribution < 1.29 is 14.0 Å². The lowest BCUT2D eigenvalue weighted by molar-refractivity contribution is -0.121. The third-order valence-corrected chi connectivity index (χ3v) is 5.62. The number of likely N-dealkylation sites (N-methyl/N-ethyl adjacent to an activating group) is 1. The third kappa shape index (κ3) is 4.54. The van der Waals surface area contributed by atoms with E-state index in [1.165, 1.54) is 0 Å². The van der Waals surface area contributed by atoms with Crippen LogP contribution >= 0.6 is 11.3 Å². The van der Waals surface area contributed by atoms with Crippen molar-refractivity contribution >= 4 is 23.2 Å². The van der Waals surface area contributed by atoms with Crippen LogP contribution in [0.4, 0.5) is 0 Å². The van der Waals surface area contributed by atoms with Gasteiger partial charge in [0, 0.05) is 22.8 Å². The van der Waals surface area contributed by atoms with E-state index in [1.807, 2.05) is 56.5 Å². The molecule has 0 unspecified atom stereocenters. The van der Waals surface area contributed by atoms with E-state index in [0.717, 1.165) is 22.0 Å². The van der Waals surface area contributed by atoms with Crippen LogP contribution in [0, 0.1) is 13.8 Å². The first-order valence-corrected chi connectivity index (χ1v) is 10.1. The number of carbonyl (C=O) groups excluding carboxylic acids is 2. The number of aromatic nitrogens is 1. The Hall–Kier alpha value is -2.80. The zero-order chi connectivity index (χ0) is 20.1. The molecule has 0 fully saturated rings. The molecule has 0 atom stereocenters. The molecule has 1 N–H and O–H groups in total. The summed E-state index contributed by atoms with van der Waals surface area (Å²) in [4.78, 5) is 28.0. The SMILES string of the molecule is CCN(CC(=O)NCc1cccs1)C(=O)c1cc(C)n(Cc2ccco2)c1C. The maximum atomic E-state index is 13.0. The number of nitrogens with zero attached hydrogens (tertiary/aromatic N) is 2. The number of nitrogens with one attached hydrogen (secondary N) is 1. The fourth-order valence-electron chi connectivity index (χ4n) is 3.15. The van der Waals surface area contributed by atoms with Crippen molar-refractivity contribution in [2.75, 3.05) is 13.1 Å². The molecule has 0 aromatic carbocycles. The van der Waals surface area contributed by atoms with E-state index in [-0.39, 0.29) is 18.4 Å². The Labute approximate surface area is 168 Å². The zero-order valence-corrected chi connectivity index (χ0v) is 17.2. The first-order chi connectivity index (χ1) is 13.5. The average molecular weight is 400 g/mol. The molecule has 2 amide bonds. The summed E-state index contributed by atoms with van der Waals surface area (Å²) in [6.45, 7) is 7.35. The van der Waals surface area contributed by atoms with Crippen LogP contribution in [-0.2, 0) is 17.9 Å². The van der Waals surface area contributed by atoms with Crippen molar-refractivity contribution in [2.45, 2.75) is 33.9 Å². The minimum absolute atomic E-state index is 0.0442. The van der Waals surface area contributed by atoms with Gasteiger partial charge in [-0.3, -0.25) is 9.59 Å². The van der Waals surface area contributed by atoms with Gasteiger partial charge in [-0.1, -0.05) is 6.07 Å². The molecule has 0 aliphatic carbocycles. The van der Waals surface area contributed by atoms with Gasteiger partial charge in [-0.15, -0.1) is 11.3 Å². The summed E-state index contributed by atoms with van der Waals surface area (Å²) < 4.78 is 7.48. The highest BCUT2D eigenvalue weighted by Gasteiger charge is 2.22. The zero-order valence-electron chi connectivity index (χ0n) is 16.4. The summed E-state index contributed by atoms with van der Waals surface area (Å²) in [5.74, 6) is 0.543.